The quantitative estimate of drug-likeness (QED) is 0.0952. The first-order valence-corrected chi connectivity index (χ1v) is 32.1. The monoisotopic (exact) mass is 1210 g/mol. The van der Waals surface area contributed by atoms with Crippen LogP contribution in [0.15, 0.2) is 90.1 Å². The van der Waals surface area contributed by atoms with Crippen LogP contribution in [0.25, 0.3) is 22.3 Å². The van der Waals surface area contributed by atoms with Crippen LogP contribution in [0.3, 0.4) is 0 Å². The molecule has 13 rings (SSSR count). The number of piperazine rings is 1. The van der Waals surface area contributed by atoms with Gasteiger partial charge in [0.25, 0.3) is 23.6 Å². The number of hydrogen-bond acceptors (Lipinski definition) is 14. The van der Waals surface area contributed by atoms with Gasteiger partial charge in [0.1, 0.15) is 17.4 Å². The number of sulfonamides is 1. The molecule has 7 amide bonds. The Kier molecular flexibility index (Phi) is 15.1. The molecule has 0 bridgehead atoms. The van der Waals surface area contributed by atoms with Crippen LogP contribution >= 0.6 is 0 Å². The SMILES string of the molecule is Cc1cc(F)c(Nc2nc(-c3ccc4c(c3)N([C@H]3C[C@@H](N5CCCCC5)C3)C(=O)C43CCN(C(=O)c4ccc(S(=O)(=O)N5CCN(c6ccc7c(c6)C(=O)N(C6CCC(=O)NC6=O)C7=O)CC5)cc4)CC3)cc3ncn(C(C)C)c23)cc1C(=O)NC(C)C. The second-order valence-corrected chi connectivity index (χ2v) is 27.1. The van der Waals surface area contributed by atoms with Gasteiger partial charge >= 0.3 is 0 Å². The average Bonchev–Trinajstić information content (AvgIpc) is 1.57. The number of benzene rings is 4. The number of carbonyl (C=O) groups is 7. The van der Waals surface area contributed by atoms with E-state index in [0.29, 0.717) is 76.9 Å². The number of imidazole rings is 1. The molecule has 5 fully saturated rings. The van der Waals surface area contributed by atoms with E-state index in [1.807, 2.05) is 66.3 Å². The number of nitrogens with zero attached hydrogens (tertiary/aromatic N) is 9. The molecule has 4 saturated heterocycles. The fraction of sp³-hybridized carbons (Fsp3) is 0.431. The minimum absolute atomic E-state index is 0.00914. The van der Waals surface area contributed by atoms with Crippen LogP contribution in [0.5, 0.6) is 0 Å². The highest BCUT2D eigenvalue weighted by molar-refractivity contribution is 7.89. The number of pyridine rings is 1. The van der Waals surface area contributed by atoms with Crippen LogP contribution in [0, 0.1) is 12.7 Å². The molecular weight excluding hydrogens is 1140 g/mol. The van der Waals surface area contributed by atoms with E-state index in [9.17, 15) is 37.2 Å². The molecule has 1 aliphatic carbocycles. The van der Waals surface area contributed by atoms with E-state index in [-0.39, 0.29) is 96.6 Å². The maximum atomic E-state index is 16.0. The van der Waals surface area contributed by atoms with Crippen molar-refractivity contribution in [3.8, 4) is 11.3 Å². The van der Waals surface area contributed by atoms with Gasteiger partial charge in [0.05, 0.1) is 44.7 Å². The number of carbonyl (C=O) groups excluding carboxylic acids is 7. The molecule has 6 aromatic rings. The molecule has 1 spiro atoms. The molecule has 1 unspecified atom stereocenters. The highest BCUT2D eigenvalue weighted by Gasteiger charge is 2.56. The van der Waals surface area contributed by atoms with Crippen LogP contribution < -0.4 is 25.8 Å². The maximum absolute atomic E-state index is 16.0. The molecule has 23 heteroatoms. The van der Waals surface area contributed by atoms with Gasteiger partial charge in [-0.25, -0.2) is 22.8 Å². The third kappa shape index (κ3) is 10.2. The van der Waals surface area contributed by atoms with Crippen molar-refractivity contribution in [1.29, 1.82) is 0 Å². The summed E-state index contributed by atoms with van der Waals surface area (Å²) in [6.07, 6.45) is 7.81. The Hall–Kier alpha value is -8.41. The highest BCUT2D eigenvalue weighted by Crippen LogP contribution is 2.52. The Morgan fingerprint density at radius 3 is 2.18 bits per heavy atom. The van der Waals surface area contributed by atoms with Crippen LogP contribution in [-0.4, -0.2) is 160 Å². The second-order valence-electron chi connectivity index (χ2n) is 25.1. The molecule has 4 aromatic carbocycles. The standard InChI is InChI=1S/C65H71FN12O9S/c1-37(2)68-59(80)47-34-52(50(66)29-39(47)5)70-58-57-53(67-36-76(57)38(3)4)35-51(69-58)41-11-16-49-55(30-41)77(44-31-43(32-44)72-21-7-6-8-22-72)64(85)65(49)19-23-74(24-20-65)61(82)40-9-13-45(14-10-40)88(86,87)75-27-25-73(26-28-75)42-12-15-46-48(33-42)63(84)78(62(46)83)54-17-18-56(79)71-60(54)81/h9-16,29-30,33-38,43-44,54H,6-8,17-28,31-32H2,1-5H3,(H,68,80)(H,69,70)(H,71,79,81)/t43-,44+,54?. The zero-order valence-electron chi connectivity index (χ0n) is 50.0. The van der Waals surface area contributed by atoms with E-state index in [1.165, 1.54) is 66.0 Å². The minimum Gasteiger partial charge on any atom is -0.369 e. The third-order valence-electron chi connectivity index (χ3n) is 19.1. The lowest BCUT2D eigenvalue weighted by atomic mass is 9.73. The Balaban J connectivity index is 0.716. The van der Waals surface area contributed by atoms with Gasteiger partial charge in [0.15, 0.2) is 5.82 Å². The van der Waals surface area contributed by atoms with Crippen molar-refractivity contribution in [2.24, 2.45) is 0 Å². The van der Waals surface area contributed by atoms with Crippen LogP contribution in [-0.2, 0) is 29.8 Å². The Morgan fingerprint density at radius 2 is 1.49 bits per heavy atom. The van der Waals surface area contributed by atoms with Crippen molar-refractivity contribution < 1.29 is 46.4 Å². The minimum atomic E-state index is -3.98. The van der Waals surface area contributed by atoms with Gasteiger partial charge in [-0.1, -0.05) is 18.6 Å². The number of piperidine rings is 3. The molecule has 3 N–H and O–H groups in total. The first kappa shape index (κ1) is 58.6. The zero-order chi connectivity index (χ0) is 61.7. The molecule has 6 aliphatic heterocycles. The largest absolute Gasteiger partial charge is 0.369 e. The van der Waals surface area contributed by atoms with Gasteiger partial charge in [-0.05, 0) is 171 Å². The number of hydrogen-bond donors (Lipinski definition) is 3. The molecule has 458 valence electrons. The fourth-order valence-corrected chi connectivity index (χ4v) is 15.6. The van der Waals surface area contributed by atoms with Crippen molar-refractivity contribution in [1.82, 2.24) is 44.2 Å². The molecule has 8 heterocycles. The number of aryl methyl sites for hydroxylation is 1. The topological polar surface area (TPSA) is 240 Å². The van der Waals surface area contributed by atoms with Crippen molar-refractivity contribution in [2.45, 2.75) is 133 Å². The lowest BCUT2D eigenvalue weighted by molar-refractivity contribution is -0.136. The first-order valence-electron chi connectivity index (χ1n) is 30.7. The average molecular weight is 1220 g/mol. The first-order chi connectivity index (χ1) is 42.2. The van der Waals surface area contributed by atoms with Crippen LogP contribution in [0.4, 0.5) is 27.3 Å². The van der Waals surface area contributed by atoms with Gasteiger partial charge in [0.2, 0.25) is 27.7 Å². The summed E-state index contributed by atoms with van der Waals surface area (Å²) in [5.74, 6) is -3.13. The van der Waals surface area contributed by atoms with Crippen molar-refractivity contribution in [2.75, 3.05) is 67.5 Å². The normalized spacial score (nSPS) is 21.6. The predicted octanol–water partition coefficient (Wildman–Crippen LogP) is 7.46. The molecule has 7 aliphatic rings. The Labute approximate surface area is 509 Å². The predicted molar refractivity (Wildman–Crippen MR) is 327 cm³/mol. The van der Waals surface area contributed by atoms with Crippen LogP contribution in [0.2, 0.25) is 0 Å². The van der Waals surface area contributed by atoms with Gasteiger partial charge in [-0.3, -0.25) is 43.8 Å². The van der Waals surface area contributed by atoms with Gasteiger partial charge in [-0.2, -0.15) is 4.31 Å². The number of likely N-dealkylation sites (tertiary alicyclic amines) is 2. The summed E-state index contributed by atoms with van der Waals surface area (Å²) in [4.78, 5) is 113. The summed E-state index contributed by atoms with van der Waals surface area (Å²) in [7, 11) is -3.98. The van der Waals surface area contributed by atoms with Gasteiger partial charge < -0.3 is 34.8 Å². The lowest BCUT2D eigenvalue weighted by Gasteiger charge is -2.48. The Morgan fingerprint density at radius 1 is 0.773 bits per heavy atom. The molecule has 2 aromatic heterocycles. The maximum Gasteiger partial charge on any atom is 0.262 e. The number of fused-ring (bicyclic) bond motifs is 4. The number of rotatable bonds is 13. The molecule has 21 nitrogen and oxygen atoms in total. The number of halogens is 1. The van der Waals surface area contributed by atoms with Gasteiger partial charge in [0, 0.05) is 97.9 Å². The van der Waals surface area contributed by atoms with E-state index < -0.39 is 50.9 Å². The summed E-state index contributed by atoms with van der Waals surface area (Å²) in [5.41, 5.74) is 5.55. The zero-order valence-corrected chi connectivity index (χ0v) is 50.8. The van der Waals surface area contributed by atoms with E-state index in [1.54, 1.807) is 30.3 Å². The van der Waals surface area contributed by atoms with E-state index >= 15 is 9.18 Å². The summed E-state index contributed by atoms with van der Waals surface area (Å²) >= 11 is 0. The number of imide groups is 2. The molecule has 1 saturated carbocycles. The molecule has 88 heavy (non-hydrogen) atoms. The molecular formula is C65H71FN12O9S. The Bertz CT molecular complexity index is 4010. The fourth-order valence-electron chi connectivity index (χ4n) is 14.1. The number of nitrogens with one attached hydrogen (secondary N) is 3. The third-order valence-corrected chi connectivity index (χ3v) is 21.0. The van der Waals surface area contributed by atoms with Crippen LogP contribution in [0.1, 0.15) is 144 Å². The van der Waals surface area contributed by atoms with E-state index in [0.717, 1.165) is 47.6 Å². The lowest BCUT2D eigenvalue weighted by Crippen LogP contribution is -2.58. The summed E-state index contributed by atoms with van der Waals surface area (Å²) in [6, 6.07) is 20.7. The van der Waals surface area contributed by atoms with Gasteiger partial charge in [-0.15, -0.1) is 0 Å². The number of amides is 7. The summed E-state index contributed by atoms with van der Waals surface area (Å²) in [5, 5.41) is 8.37. The second kappa shape index (κ2) is 22.6. The van der Waals surface area contributed by atoms with Crippen molar-refractivity contribution in [3.63, 3.8) is 0 Å². The smallest absolute Gasteiger partial charge is 0.262 e. The van der Waals surface area contributed by atoms with Crippen molar-refractivity contribution in [3.05, 3.63) is 124 Å². The van der Waals surface area contributed by atoms with Crippen molar-refractivity contribution >= 4 is 85.3 Å². The number of anilines is 4. The summed E-state index contributed by atoms with van der Waals surface area (Å²) in [6.45, 7) is 13.0. The highest BCUT2D eigenvalue weighted by atomic mass is 32.2. The van der Waals surface area contributed by atoms with E-state index in [2.05, 4.69) is 20.9 Å². The summed E-state index contributed by atoms with van der Waals surface area (Å²) < 4.78 is 47.5. The van der Waals surface area contributed by atoms with E-state index in [4.69, 9.17) is 9.97 Å². The molecule has 0 radical (unpaired) electrons. The number of aromatic nitrogens is 3. The molecule has 1 atom stereocenters.